The van der Waals surface area contributed by atoms with E-state index in [0.717, 1.165) is 29.9 Å². The molecule has 0 radical (unpaired) electrons. The molecule has 0 unspecified atom stereocenters. The SMILES string of the molecule is CCc1ccc(N(CC(=O)NCCc2ccccc2)C(=O)c2csnn2)cc1. The summed E-state index contributed by atoms with van der Waals surface area (Å²) in [5.41, 5.74) is 3.22. The number of amides is 2. The van der Waals surface area contributed by atoms with Gasteiger partial charge in [-0.1, -0.05) is 53.9 Å². The Balaban J connectivity index is 1.67. The summed E-state index contributed by atoms with van der Waals surface area (Å²) in [5, 5.41) is 8.33. The summed E-state index contributed by atoms with van der Waals surface area (Å²) in [7, 11) is 0. The summed E-state index contributed by atoms with van der Waals surface area (Å²) in [6.07, 6.45) is 1.64. The van der Waals surface area contributed by atoms with Gasteiger partial charge in [-0.15, -0.1) is 5.10 Å². The molecule has 0 saturated carbocycles. The largest absolute Gasteiger partial charge is 0.354 e. The molecule has 3 rings (SSSR count). The highest BCUT2D eigenvalue weighted by atomic mass is 32.1. The Kier molecular flexibility index (Phi) is 6.86. The highest BCUT2D eigenvalue weighted by Gasteiger charge is 2.22. The van der Waals surface area contributed by atoms with Gasteiger partial charge in [0.15, 0.2) is 5.69 Å². The highest BCUT2D eigenvalue weighted by Crippen LogP contribution is 2.18. The molecule has 0 fully saturated rings. The second-order valence-corrected chi connectivity index (χ2v) is 6.90. The molecule has 2 aromatic carbocycles. The Labute approximate surface area is 168 Å². The minimum atomic E-state index is -0.337. The lowest BCUT2D eigenvalue weighted by Gasteiger charge is -2.21. The van der Waals surface area contributed by atoms with Crippen LogP contribution >= 0.6 is 11.5 Å². The molecule has 0 atom stereocenters. The Morgan fingerprint density at radius 1 is 1.04 bits per heavy atom. The summed E-state index contributed by atoms with van der Waals surface area (Å²) in [6, 6.07) is 17.6. The van der Waals surface area contributed by atoms with E-state index in [2.05, 4.69) is 21.8 Å². The lowest BCUT2D eigenvalue weighted by atomic mass is 10.1. The normalized spacial score (nSPS) is 10.5. The van der Waals surface area contributed by atoms with Crippen LogP contribution in [0.3, 0.4) is 0 Å². The number of carbonyl (C=O) groups is 2. The minimum Gasteiger partial charge on any atom is -0.354 e. The average Bonchev–Trinajstić information content (AvgIpc) is 3.27. The summed E-state index contributed by atoms with van der Waals surface area (Å²) in [4.78, 5) is 26.8. The van der Waals surface area contributed by atoms with Gasteiger partial charge in [-0.25, -0.2) is 0 Å². The van der Waals surface area contributed by atoms with Crippen molar-refractivity contribution in [2.24, 2.45) is 0 Å². The maximum Gasteiger partial charge on any atom is 0.280 e. The van der Waals surface area contributed by atoms with Crippen molar-refractivity contribution in [3.05, 3.63) is 76.8 Å². The van der Waals surface area contributed by atoms with Gasteiger partial charge in [-0.2, -0.15) is 0 Å². The number of rotatable bonds is 8. The molecule has 28 heavy (non-hydrogen) atoms. The average molecular weight is 395 g/mol. The Morgan fingerprint density at radius 2 is 1.79 bits per heavy atom. The quantitative estimate of drug-likeness (QED) is 0.637. The molecule has 2 amide bonds. The molecule has 0 bridgehead atoms. The Morgan fingerprint density at radius 3 is 2.43 bits per heavy atom. The van der Waals surface area contributed by atoms with Crippen molar-refractivity contribution < 1.29 is 9.59 Å². The molecule has 0 aliphatic heterocycles. The van der Waals surface area contributed by atoms with E-state index in [9.17, 15) is 9.59 Å². The van der Waals surface area contributed by atoms with Gasteiger partial charge < -0.3 is 5.32 Å². The number of nitrogens with zero attached hydrogens (tertiary/aromatic N) is 3. The van der Waals surface area contributed by atoms with Gasteiger partial charge >= 0.3 is 0 Å². The number of benzene rings is 2. The van der Waals surface area contributed by atoms with Gasteiger partial charge in [-0.05, 0) is 47.6 Å². The molecule has 1 aromatic heterocycles. The van der Waals surface area contributed by atoms with E-state index in [1.807, 2.05) is 54.6 Å². The molecular weight excluding hydrogens is 372 g/mol. The summed E-state index contributed by atoms with van der Waals surface area (Å²) in [6.45, 7) is 2.51. The zero-order chi connectivity index (χ0) is 19.8. The van der Waals surface area contributed by atoms with Gasteiger partial charge in [0.2, 0.25) is 5.91 Å². The maximum absolute atomic E-state index is 12.8. The number of anilines is 1. The number of carbonyl (C=O) groups excluding carboxylic acids is 2. The van der Waals surface area contributed by atoms with Crippen molar-refractivity contribution in [2.45, 2.75) is 19.8 Å². The van der Waals surface area contributed by atoms with Gasteiger partial charge in [0.25, 0.3) is 5.91 Å². The van der Waals surface area contributed by atoms with Crippen LogP contribution in [0.15, 0.2) is 60.0 Å². The van der Waals surface area contributed by atoms with Crippen molar-refractivity contribution in [3.63, 3.8) is 0 Å². The predicted molar refractivity (Wildman–Crippen MR) is 111 cm³/mol. The molecule has 6 nitrogen and oxygen atoms in total. The van der Waals surface area contributed by atoms with Crippen LogP contribution in [0, 0.1) is 0 Å². The smallest absolute Gasteiger partial charge is 0.280 e. The first-order chi connectivity index (χ1) is 13.7. The van der Waals surface area contributed by atoms with Crippen LogP contribution in [0.5, 0.6) is 0 Å². The lowest BCUT2D eigenvalue weighted by molar-refractivity contribution is -0.119. The topological polar surface area (TPSA) is 75.2 Å². The first kappa shape index (κ1) is 19.7. The van der Waals surface area contributed by atoms with Gasteiger partial charge in [0.05, 0.1) is 0 Å². The van der Waals surface area contributed by atoms with Gasteiger partial charge in [0, 0.05) is 17.6 Å². The first-order valence-corrected chi connectivity index (χ1v) is 9.99. The van der Waals surface area contributed by atoms with E-state index in [4.69, 9.17) is 0 Å². The van der Waals surface area contributed by atoms with Crippen LogP contribution in [-0.4, -0.2) is 34.5 Å². The third kappa shape index (κ3) is 5.23. The van der Waals surface area contributed by atoms with Gasteiger partial charge in [-0.3, -0.25) is 14.5 Å². The Hall–Kier alpha value is -3.06. The number of aromatic nitrogens is 2. The van der Waals surface area contributed by atoms with Crippen LogP contribution in [0.4, 0.5) is 5.69 Å². The van der Waals surface area contributed by atoms with E-state index < -0.39 is 0 Å². The molecule has 0 aliphatic rings. The maximum atomic E-state index is 12.8. The second-order valence-electron chi connectivity index (χ2n) is 6.29. The van der Waals surface area contributed by atoms with Crippen LogP contribution < -0.4 is 10.2 Å². The van der Waals surface area contributed by atoms with E-state index in [-0.39, 0.29) is 24.1 Å². The fraction of sp³-hybridized carbons (Fsp3) is 0.238. The van der Waals surface area contributed by atoms with Crippen molar-refractivity contribution in [1.82, 2.24) is 14.9 Å². The monoisotopic (exact) mass is 394 g/mol. The predicted octanol–water partition coefficient (Wildman–Crippen LogP) is 3.11. The van der Waals surface area contributed by atoms with E-state index in [1.54, 1.807) is 5.38 Å². The molecule has 1 heterocycles. The molecule has 7 heteroatoms. The molecule has 3 aromatic rings. The van der Waals surface area contributed by atoms with E-state index in [1.165, 1.54) is 10.5 Å². The fourth-order valence-electron chi connectivity index (χ4n) is 2.78. The molecule has 0 saturated heterocycles. The number of aryl methyl sites for hydroxylation is 1. The molecular formula is C21H22N4O2S. The molecule has 144 valence electrons. The van der Waals surface area contributed by atoms with Crippen molar-refractivity contribution in [2.75, 3.05) is 18.0 Å². The summed E-state index contributed by atoms with van der Waals surface area (Å²) < 4.78 is 3.75. The van der Waals surface area contributed by atoms with Crippen molar-refractivity contribution >= 4 is 29.0 Å². The highest BCUT2D eigenvalue weighted by molar-refractivity contribution is 7.03. The lowest BCUT2D eigenvalue weighted by Crippen LogP contribution is -2.41. The van der Waals surface area contributed by atoms with Gasteiger partial charge in [0.1, 0.15) is 6.54 Å². The van der Waals surface area contributed by atoms with E-state index in [0.29, 0.717) is 12.2 Å². The molecule has 1 N–H and O–H groups in total. The zero-order valence-electron chi connectivity index (χ0n) is 15.7. The molecule has 0 spiro atoms. The standard InChI is InChI=1S/C21H22N4O2S/c1-2-16-8-10-18(11-9-16)25(21(27)19-15-28-24-23-19)14-20(26)22-13-12-17-6-4-3-5-7-17/h3-11,15H,2,12-14H2,1H3,(H,22,26). The van der Waals surface area contributed by atoms with E-state index >= 15 is 0 Å². The summed E-state index contributed by atoms with van der Waals surface area (Å²) >= 11 is 1.11. The second kappa shape index (κ2) is 9.75. The zero-order valence-corrected chi connectivity index (χ0v) is 16.5. The van der Waals surface area contributed by atoms with Crippen LogP contribution in [-0.2, 0) is 17.6 Å². The van der Waals surface area contributed by atoms with Crippen LogP contribution in [0.2, 0.25) is 0 Å². The third-order valence-electron chi connectivity index (χ3n) is 4.36. The van der Waals surface area contributed by atoms with Crippen LogP contribution in [0.1, 0.15) is 28.5 Å². The van der Waals surface area contributed by atoms with Crippen molar-refractivity contribution in [1.29, 1.82) is 0 Å². The first-order valence-electron chi connectivity index (χ1n) is 9.16. The van der Waals surface area contributed by atoms with Crippen LogP contribution in [0.25, 0.3) is 0 Å². The third-order valence-corrected chi connectivity index (χ3v) is 4.87. The number of nitrogens with one attached hydrogen (secondary N) is 1. The molecule has 0 aliphatic carbocycles. The summed E-state index contributed by atoms with van der Waals surface area (Å²) in [5.74, 6) is -0.553. The van der Waals surface area contributed by atoms with Crippen molar-refractivity contribution in [3.8, 4) is 0 Å². The fourth-order valence-corrected chi connectivity index (χ4v) is 3.21. The minimum absolute atomic E-state index is 0.0728. The Bertz CT molecular complexity index is 896. The number of hydrogen-bond acceptors (Lipinski definition) is 5. The number of hydrogen-bond donors (Lipinski definition) is 1.